The highest BCUT2D eigenvalue weighted by Gasteiger charge is 2.48. The normalized spacial score (nSPS) is 24.7. The van der Waals surface area contributed by atoms with Crippen molar-refractivity contribution < 1.29 is 23.8 Å². The van der Waals surface area contributed by atoms with Crippen LogP contribution in [0.5, 0.6) is 0 Å². The molecule has 0 saturated carbocycles. The van der Waals surface area contributed by atoms with E-state index in [9.17, 15) is 9.90 Å². The number of amides is 1. The van der Waals surface area contributed by atoms with Crippen LogP contribution >= 0.6 is 0 Å². The van der Waals surface area contributed by atoms with Crippen molar-refractivity contribution in [3.8, 4) is 0 Å². The van der Waals surface area contributed by atoms with Crippen LogP contribution in [-0.2, 0) is 13.9 Å². The lowest BCUT2D eigenvalue weighted by Crippen LogP contribution is -2.49. The lowest BCUT2D eigenvalue weighted by atomic mass is 10.1. The molecule has 1 aliphatic heterocycles. The Balaban J connectivity index is 3.11. The molecule has 6 nitrogen and oxygen atoms in total. The van der Waals surface area contributed by atoms with E-state index >= 15 is 0 Å². The van der Waals surface area contributed by atoms with Crippen molar-refractivity contribution in [2.24, 2.45) is 0 Å². The Bertz CT molecular complexity index is 672. The Kier molecular flexibility index (Phi) is 8.79. The van der Waals surface area contributed by atoms with E-state index in [1.807, 2.05) is 66.7 Å². The van der Waals surface area contributed by atoms with Gasteiger partial charge < -0.3 is 19.0 Å². The molecular formula is C24H45NO5Si. The van der Waals surface area contributed by atoms with E-state index in [4.69, 9.17) is 13.9 Å². The second-order valence-electron chi connectivity index (χ2n) is 11.4. The minimum atomic E-state index is -2.08. The number of hydrogen-bond donors (Lipinski definition) is 1. The summed E-state index contributed by atoms with van der Waals surface area (Å²) in [6.07, 6.45) is 5.34. The van der Waals surface area contributed by atoms with Gasteiger partial charge >= 0.3 is 6.09 Å². The molecule has 0 bridgehead atoms. The van der Waals surface area contributed by atoms with Gasteiger partial charge in [0.05, 0.1) is 18.2 Å². The first-order chi connectivity index (χ1) is 13.8. The van der Waals surface area contributed by atoms with Gasteiger partial charge in [-0.15, -0.1) is 0 Å². The van der Waals surface area contributed by atoms with E-state index in [1.54, 1.807) is 11.0 Å². The molecule has 1 fully saturated rings. The molecule has 1 saturated heterocycles. The number of hydrogen-bond acceptors (Lipinski definition) is 5. The van der Waals surface area contributed by atoms with Gasteiger partial charge in [0.15, 0.2) is 8.32 Å². The summed E-state index contributed by atoms with van der Waals surface area (Å²) in [5, 5.41) is 11.0. The Hall–Kier alpha value is -1.15. The Labute approximate surface area is 190 Å². The largest absolute Gasteiger partial charge is 0.444 e. The van der Waals surface area contributed by atoms with Gasteiger partial charge in [0.2, 0.25) is 0 Å². The summed E-state index contributed by atoms with van der Waals surface area (Å²) in [7, 11) is -2.08. The van der Waals surface area contributed by atoms with Crippen molar-refractivity contribution in [2.75, 3.05) is 0 Å². The Morgan fingerprint density at radius 1 is 1.16 bits per heavy atom. The van der Waals surface area contributed by atoms with E-state index in [0.29, 0.717) is 0 Å². The second kappa shape index (κ2) is 9.77. The van der Waals surface area contributed by atoms with Gasteiger partial charge in [-0.05, 0) is 66.6 Å². The van der Waals surface area contributed by atoms with Gasteiger partial charge in [-0.3, -0.25) is 4.90 Å². The van der Waals surface area contributed by atoms with Gasteiger partial charge in [-0.2, -0.15) is 0 Å². The molecule has 180 valence electrons. The molecule has 0 aromatic carbocycles. The maximum atomic E-state index is 12.9. The van der Waals surface area contributed by atoms with Crippen molar-refractivity contribution in [2.45, 2.75) is 123 Å². The fourth-order valence-electron chi connectivity index (χ4n) is 3.31. The molecule has 1 amide bonds. The number of aliphatic hydroxyl groups is 1. The zero-order valence-corrected chi connectivity index (χ0v) is 22.6. The van der Waals surface area contributed by atoms with Crippen molar-refractivity contribution in [3.05, 3.63) is 24.3 Å². The summed E-state index contributed by atoms with van der Waals surface area (Å²) in [6, 6.07) is -0.362. The third-order valence-corrected chi connectivity index (χ3v) is 10.4. The first-order valence-corrected chi connectivity index (χ1v) is 14.1. The number of carbonyl (C=O) groups excluding carboxylic acids is 1. The summed E-state index contributed by atoms with van der Waals surface area (Å²) < 4.78 is 18.1. The third-order valence-electron chi connectivity index (χ3n) is 5.88. The molecule has 4 atom stereocenters. The number of carbonyl (C=O) groups is 1. The fourth-order valence-corrected chi connectivity index (χ4v) is 4.56. The van der Waals surface area contributed by atoms with Crippen LogP contribution in [0.4, 0.5) is 4.79 Å². The summed E-state index contributed by atoms with van der Waals surface area (Å²) in [5.74, 6) is 0. The van der Waals surface area contributed by atoms with Crippen LogP contribution < -0.4 is 0 Å². The lowest BCUT2D eigenvalue weighted by molar-refractivity contribution is -0.0752. The fraction of sp³-hybridized carbons (Fsp3) is 0.792. The molecule has 1 heterocycles. The maximum Gasteiger partial charge on any atom is 0.413 e. The molecule has 1 N–H and O–H groups in total. The minimum Gasteiger partial charge on any atom is -0.444 e. The van der Waals surface area contributed by atoms with Crippen LogP contribution in [0.2, 0.25) is 18.1 Å². The topological polar surface area (TPSA) is 68.2 Å². The van der Waals surface area contributed by atoms with Crippen LogP contribution in [0.1, 0.15) is 69.2 Å². The number of nitrogens with zero attached hydrogens (tertiary/aromatic N) is 1. The average molecular weight is 456 g/mol. The highest BCUT2D eigenvalue weighted by Crippen LogP contribution is 2.38. The molecule has 1 rings (SSSR count). The summed E-state index contributed by atoms with van der Waals surface area (Å²) >= 11 is 0. The zero-order chi connectivity index (χ0) is 24.4. The van der Waals surface area contributed by atoms with Gasteiger partial charge in [-0.25, -0.2) is 4.79 Å². The van der Waals surface area contributed by atoms with Crippen molar-refractivity contribution >= 4 is 14.4 Å². The Morgan fingerprint density at radius 2 is 1.71 bits per heavy atom. The molecule has 0 unspecified atom stereocenters. The maximum absolute atomic E-state index is 12.9. The molecule has 0 aromatic rings. The molecule has 7 heteroatoms. The highest BCUT2D eigenvalue weighted by molar-refractivity contribution is 6.74. The molecule has 0 spiro atoms. The number of rotatable bonds is 6. The van der Waals surface area contributed by atoms with Gasteiger partial charge in [0.1, 0.15) is 17.4 Å². The Morgan fingerprint density at radius 3 is 2.16 bits per heavy atom. The van der Waals surface area contributed by atoms with E-state index in [2.05, 4.69) is 33.9 Å². The number of aliphatic hydroxyl groups excluding tert-OH is 1. The van der Waals surface area contributed by atoms with Gasteiger partial charge in [-0.1, -0.05) is 45.1 Å². The monoisotopic (exact) mass is 455 g/mol. The predicted octanol–water partition coefficient (Wildman–Crippen LogP) is 5.63. The van der Waals surface area contributed by atoms with Crippen LogP contribution in [-0.4, -0.2) is 60.1 Å². The van der Waals surface area contributed by atoms with Crippen LogP contribution in [0.25, 0.3) is 0 Å². The van der Waals surface area contributed by atoms with E-state index in [-0.39, 0.29) is 17.2 Å². The molecule has 0 aliphatic carbocycles. The smallest absolute Gasteiger partial charge is 0.413 e. The van der Waals surface area contributed by atoms with Gasteiger partial charge in [0.25, 0.3) is 0 Å². The number of allylic oxidation sites excluding steroid dienone is 1. The van der Waals surface area contributed by atoms with Crippen LogP contribution in [0.3, 0.4) is 0 Å². The zero-order valence-electron chi connectivity index (χ0n) is 21.6. The van der Waals surface area contributed by atoms with Crippen molar-refractivity contribution in [1.29, 1.82) is 0 Å². The van der Waals surface area contributed by atoms with E-state index in [1.165, 1.54) is 0 Å². The molecule has 0 radical (unpaired) electrons. The molecule has 31 heavy (non-hydrogen) atoms. The van der Waals surface area contributed by atoms with Gasteiger partial charge in [0, 0.05) is 0 Å². The highest BCUT2D eigenvalue weighted by atomic mass is 28.4. The SMILES string of the molecule is C/C=C/[C@H](O[Si](C)(C)C(C)(C)C)[C@@H](O)/C=C/[C@H]1[C@H](C)OC(C)(C)N1C(=O)OC(C)(C)C. The molecular weight excluding hydrogens is 410 g/mol. The summed E-state index contributed by atoms with van der Waals surface area (Å²) in [4.78, 5) is 14.5. The first kappa shape index (κ1) is 27.9. The molecule has 1 aliphatic rings. The van der Waals surface area contributed by atoms with Crippen molar-refractivity contribution in [1.82, 2.24) is 4.90 Å². The van der Waals surface area contributed by atoms with Crippen LogP contribution in [0.15, 0.2) is 24.3 Å². The summed E-state index contributed by atoms with van der Waals surface area (Å²) in [6.45, 7) is 23.9. The quantitative estimate of drug-likeness (QED) is 0.415. The average Bonchev–Trinajstić information content (AvgIpc) is 2.77. The lowest BCUT2D eigenvalue weighted by Gasteiger charge is -2.39. The predicted molar refractivity (Wildman–Crippen MR) is 129 cm³/mol. The first-order valence-electron chi connectivity index (χ1n) is 11.2. The minimum absolute atomic E-state index is 0.0294. The third kappa shape index (κ3) is 7.44. The van der Waals surface area contributed by atoms with E-state index < -0.39 is 37.9 Å². The second-order valence-corrected chi connectivity index (χ2v) is 16.1. The summed E-state index contributed by atoms with van der Waals surface area (Å²) in [5.41, 5.74) is -1.43. The number of ether oxygens (including phenoxy) is 2. The van der Waals surface area contributed by atoms with E-state index in [0.717, 1.165) is 0 Å². The van der Waals surface area contributed by atoms with Crippen LogP contribution in [0, 0.1) is 0 Å². The van der Waals surface area contributed by atoms with Crippen molar-refractivity contribution in [3.63, 3.8) is 0 Å². The molecule has 0 aromatic heterocycles. The standard InChI is InChI=1S/C24H45NO5Si/c1-13-14-20(30-31(11,12)23(6,7)8)19(26)16-15-18-17(2)28-24(9,10)25(18)21(27)29-22(3,4)5/h13-20,26H,1-12H3/b14-13+,16-15+/t17-,18-,19-,20-/m0/s1.